The average molecular weight is 576 g/mol. The highest BCUT2D eigenvalue weighted by atomic mass is 16.3. The second-order valence-corrected chi connectivity index (χ2v) is 11.3. The molecule has 0 fully saturated rings. The van der Waals surface area contributed by atoms with E-state index < -0.39 is 0 Å². The molecule has 0 aliphatic heterocycles. The fourth-order valence-corrected chi connectivity index (χ4v) is 6.25. The molecule has 0 spiro atoms. The van der Waals surface area contributed by atoms with Crippen molar-refractivity contribution >= 4 is 43.5 Å². The molecule has 9 aromatic rings. The summed E-state index contributed by atoms with van der Waals surface area (Å²) in [6, 6.07) is 52.4. The average Bonchev–Trinajstić information content (AvgIpc) is 3.49. The van der Waals surface area contributed by atoms with Crippen LogP contribution in [0.3, 0.4) is 0 Å². The Morgan fingerprint density at radius 3 is 1.73 bits per heavy atom. The Labute approximate surface area is 259 Å². The van der Waals surface area contributed by atoms with Gasteiger partial charge >= 0.3 is 0 Å². The van der Waals surface area contributed by atoms with E-state index >= 15 is 0 Å². The quantitative estimate of drug-likeness (QED) is 0.209. The van der Waals surface area contributed by atoms with Crippen molar-refractivity contribution in [3.8, 4) is 45.3 Å². The molecule has 2 aromatic heterocycles. The van der Waals surface area contributed by atoms with Crippen LogP contribution in [0.5, 0.6) is 0 Å². The lowest BCUT2D eigenvalue weighted by Gasteiger charge is -2.12. The Kier molecular flexibility index (Phi) is 5.78. The molecule has 0 N–H and O–H groups in total. The van der Waals surface area contributed by atoms with Crippen LogP contribution in [0.15, 0.2) is 156 Å². The smallest absolute Gasteiger partial charge is 0.164 e. The van der Waals surface area contributed by atoms with Crippen molar-refractivity contribution in [2.45, 2.75) is 0 Å². The van der Waals surface area contributed by atoms with E-state index in [0.717, 1.165) is 60.5 Å². The van der Waals surface area contributed by atoms with E-state index in [1.54, 1.807) is 0 Å². The van der Waals surface area contributed by atoms with Gasteiger partial charge < -0.3 is 4.42 Å². The molecule has 0 aliphatic rings. The van der Waals surface area contributed by atoms with Crippen molar-refractivity contribution in [3.63, 3.8) is 0 Å². The third kappa shape index (κ3) is 4.43. The molecule has 4 heteroatoms. The molecule has 0 atom stereocenters. The molecule has 0 unspecified atom stereocenters. The lowest BCUT2D eigenvalue weighted by Crippen LogP contribution is -2.00. The van der Waals surface area contributed by atoms with E-state index in [1.807, 2.05) is 36.4 Å². The maximum absolute atomic E-state index is 6.11. The molecule has 0 bridgehead atoms. The summed E-state index contributed by atoms with van der Waals surface area (Å²) in [5, 5.41) is 6.75. The largest absolute Gasteiger partial charge is 0.456 e. The molecule has 0 radical (unpaired) electrons. The molecule has 9 rings (SSSR count). The van der Waals surface area contributed by atoms with Crippen LogP contribution in [0.1, 0.15) is 0 Å². The van der Waals surface area contributed by atoms with Crippen LogP contribution in [-0.4, -0.2) is 15.0 Å². The predicted molar refractivity (Wildman–Crippen MR) is 184 cm³/mol. The fraction of sp³-hybridized carbons (Fsp3) is 0. The third-order valence-corrected chi connectivity index (χ3v) is 8.48. The molecule has 210 valence electrons. The SMILES string of the molecule is c1ccc(-c2cc(-c3nc(-c4ccc5ccccc5c4)nc(-c4ccc5oc6ccccc6c5c4)n3)cc3ccccc23)cc1. The van der Waals surface area contributed by atoms with Gasteiger partial charge in [-0.25, -0.2) is 15.0 Å². The van der Waals surface area contributed by atoms with Crippen LogP contribution in [0.4, 0.5) is 0 Å². The van der Waals surface area contributed by atoms with Gasteiger partial charge in [0.15, 0.2) is 17.5 Å². The lowest BCUT2D eigenvalue weighted by atomic mass is 9.95. The maximum Gasteiger partial charge on any atom is 0.164 e. The molecular weight excluding hydrogens is 550 g/mol. The summed E-state index contributed by atoms with van der Waals surface area (Å²) in [5.41, 5.74) is 6.78. The van der Waals surface area contributed by atoms with Crippen LogP contribution < -0.4 is 0 Å². The van der Waals surface area contributed by atoms with Crippen LogP contribution in [0.25, 0.3) is 88.8 Å². The molecule has 0 aliphatic carbocycles. The molecule has 0 saturated carbocycles. The number of fused-ring (bicyclic) bond motifs is 5. The van der Waals surface area contributed by atoms with Crippen LogP contribution in [-0.2, 0) is 0 Å². The van der Waals surface area contributed by atoms with Gasteiger partial charge in [0.05, 0.1) is 0 Å². The molecule has 0 amide bonds. The van der Waals surface area contributed by atoms with E-state index in [2.05, 4.69) is 115 Å². The Bertz CT molecular complexity index is 2550. The van der Waals surface area contributed by atoms with Gasteiger partial charge in [-0.05, 0) is 75.1 Å². The number of benzene rings is 7. The Morgan fingerprint density at radius 2 is 0.911 bits per heavy atom. The van der Waals surface area contributed by atoms with Gasteiger partial charge in [-0.1, -0.05) is 109 Å². The van der Waals surface area contributed by atoms with Crippen molar-refractivity contribution in [1.82, 2.24) is 15.0 Å². The molecule has 4 nitrogen and oxygen atoms in total. The summed E-state index contributed by atoms with van der Waals surface area (Å²) in [4.78, 5) is 15.3. The number of hydrogen-bond donors (Lipinski definition) is 0. The molecule has 2 heterocycles. The normalized spacial score (nSPS) is 11.6. The first kappa shape index (κ1) is 25.4. The van der Waals surface area contributed by atoms with E-state index in [0.29, 0.717) is 17.5 Å². The Balaban J connectivity index is 1.29. The number of para-hydroxylation sites is 1. The van der Waals surface area contributed by atoms with Crippen molar-refractivity contribution in [1.29, 1.82) is 0 Å². The monoisotopic (exact) mass is 575 g/mol. The van der Waals surface area contributed by atoms with Crippen LogP contribution in [0.2, 0.25) is 0 Å². The van der Waals surface area contributed by atoms with E-state index in [9.17, 15) is 0 Å². The van der Waals surface area contributed by atoms with Gasteiger partial charge in [0.1, 0.15) is 11.2 Å². The number of nitrogens with zero attached hydrogens (tertiary/aromatic N) is 3. The van der Waals surface area contributed by atoms with Crippen molar-refractivity contribution in [2.75, 3.05) is 0 Å². The predicted octanol–water partition coefficient (Wildman–Crippen LogP) is 10.7. The van der Waals surface area contributed by atoms with Crippen molar-refractivity contribution < 1.29 is 4.42 Å². The van der Waals surface area contributed by atoms with Crippen molar-refractivity contribution in [3.05, 3.63) is 152 Å². The highest BCUT2D eigenvalue weighted by Crippen LogP contribution is 2.36. The number of aromatic nitrogens is 3. The Hall–Kier alpha value is -6.13. The summed E-state index contributed by atoms with van der Waals surface area (Å²) < 4.78 is 6.11. The van der Waals surface area contributed by atoms with Crippen LogP contribution >= 0.6 is 0 Å². The fourth-order valence-electron chi connectivity index (χ4n) is 6.25. The van der Waals surface area contributed by atoms with Gasteiger partial charge in [0.25, 0.3) is 0 Å². The van der Waals surface area contributed by atoms with Crippen molar-refractivity contribution in [2.24, 2.45) is 0 Å². The van der Waals surface area contributed by atoms with Gasteiger partial charge in [0, 0.05) is 27.5 Å². The first-order valence-corrected chi connectivity index (χ1v) is 15.0. The minimum atomic E-state index is 0.616. The summed E-state index contributed by atoms with van der Waals surface area (Å²) in [7, 11) is 0. The summed E-state index contributed by atoms with van der Waals surface area (Å²) in [5.74, 6) is 1.88. The zero-order valence-corrected chi connectivity index (χ0v) is 24.2. The first-order valence-electron chi connectivity index (χ1n) is 15.0. The summed E-state index contributed by atoms with van der Waals surface area (Å²) in [6.45, 7) is 0. The van der Waals surface area contributed by atoms with E-state index in [4.69, 9.17) is 19.4 Å². The number of furan rings is 1. The molecule has 7 aromatic carbocycles. The maximum atomic E-state index is 6.11. The zero-order chi connectivity index (χ0) is 29.7. The standard InChI is InChI=1S/C41H25N3O/c1-2-11-27(12-3-1)35-25-32(23-29-14-6-7-15-33(29)35)41-43-39(30-19-18-26-10-4-5-13-28(26)22-30)42-40(44-41)31-20-21-38-36(24-31)34-16-8-9-17-37(34)45-38/h1-25H. The second-order valence-electron chi connectivity index (χ2n) is 11.3. The minimum absolute atomic E-state index is 0.616. The van der Waals surface area contributed by atoms with E-state index in [-0.39, 0.29) is 0 Å². The highest BCUT2D eigenvalue weighted by Gasteiger charge is 2.16. The van der Waals surface area contributed by atoms with Gasteiger partial charge in [-0.2, -0.15) is 0 Å². The second kappa shape index (κ2) is 10.2. The van der Waals surface area contributed by atoms with E-state index in [1.165, 1.54) is 10.8 Å². The lowest BCUT2D eigenvalue weighted by molar-refractivity contribution is 0.669. The first-order chi connectivity index (χ1) is 22.3. The Morgan fingerprint density at radius 1 is 0.333 bits per heavy atom. The van der Waals surface area contributed by atoms with Gasteiger partial charge in [0.2, 0.25) is 0 Å². The minimum Gasteiger partial charge on any atom is -0.456 e. The molecule has 0 saturated heterocycles. The summed E-state index contributed by atoms with van der Waals surface area (Å²) >= 11 is 0. The zero-order valence-electron chi connectivity index (χ0n) is 24.2. The topological polar surface area (TPSA) is 51.8 Å². The number of hydrogen-bond acceptors (Lipinski definition) is 4. The van der Waals surface area contributed by atoms with Crippen LogP contribution in [0, 0.1) is 0 Å². The highest BCUT2D eigenvalue weighted by molar-refractivity contribution is 6.06. The number of rotatable bonds is 4. The summed E-state index contributed by atoms with van der Waals surface area (Å²) in [6.07, 6.45) is 0. The van der Waals surface area contributed by atoms with Gasteiger partial charge in [-0.3, -0.25) is 0 Å². The molecule has 45 heavy (non-hydrogen) atoms. The third-order valence-electron chi connectivity index (χ3n) is 8.48. The molecular formula is C41H25N3O. The van der Waals surface area contributed by atoms with Gasteiger partial charge in [-0.15, -0.1) is 0 Å².